The van der Waals surface area contributed by atoms with Gasteiger partial charge in [-0.1, -0.05) is 5.16 Å². The Morgan fingerprint density at radius 2 is 2.21 bits per heavy atom. The smallest absolute Gasteiger partial charge is 0.170 e. The van der Waals surface area contributed by atoms with Crippen LogP contribution >= 0.6 is 12.4 Å². The van der Waals surface area contributed by atoms with Crippen LogP contribution in [0, 0.1) is 5.82 Å². The molecule has 0 aliphatic rings. The minimum absolute atomic E-state index is 0. The summed E-state index contributed by atoms with van der Waals surface area (Å²) in [5, 5.41) is 4.64. The lowest BCUT2D eigenvalue weighted by Crippen LogP contribution is -2.02. The molecule has 0 aliphatic heterocycles. The van der Waals surface area contributed by atoms with Crippen molar-refractivity contribution in [2.45, 2.75) is 6.42 Å². The third-order valence-corrected chi connectivity index (χ3v) is 1.89. The standard InChI is InChI=1S/C9H9FN2O.ClH/c10-6-1-2-7-8(3-4-11)12-13-9(7)5-6;/h1-2,5H,3-4,11H2;1H. The number of halogens is 2. The number of hydrogen-bond donors (Lipinski definition) is 1. The fourth-order valence-electron chi connectivity index (χ4n) is 1.28. The molecule has 0 spiro atoms. The molecule has 0 unspecified atom stereocenters. The Hall–Kier alpha value is -1.13. The van der Waals surface area contributed by atoms with Crippen molar-refractivity contribution in [1.82, 2.24) is 5.16 Å². The summed E-state index contributed by atoms with van der Waals surface area (Å²) in [6, 6.07) is 4.37. The zero-order valence-electron chi connectivity index (χ0n) is 7.37. The van der Waals surface area contributed by atoms with E-state index in [9.17, 15) is 4.39 Å². The van der Waals surface area contributed by atoms with Gasteiger partial charge in [0.25, 0.3) is 0 Å². The summed E-state index contributed by atoms with van der Waals surface area (Å²) < 4.78 is 17.7. The molecule has 1 aromatic carbocycles. The van der Waals surface area contributed by atoms with Crippen LogP contribution in [0.15, 0.2) is 22.7 Å². The maximum atomic E-state index is 12.7. The fraction of sp³-hybridized carbons (Fsp3) is 0.222. The second-order valence-corrected chi connectivity index (χ2v) is 2.81. The van der Waals surface area contributed by atoms with Crippen molar-refractivity contribution in [2.24, 2.45) is 5.73 Å². The fourth-order valence-corrected chi connectivity index (χ4v) is 1.28. The van der Waals surface area contributed by atoms with E-state index >= 15 is 0 Å². The van der Waals surface area contributed by atoms with E-state index in [1.54, 1.807) is 6.07 Å². The maximum Gasteiger partial charge on any atom is 0.170 e. The van der Waals surface area contributed by atoms with Crippen molar-refractivity contribution >= 4 is 23.4 Å². The highest BCUT2D eigenvalue weighted by atomic mass is 35.5. The van der Waals surface area contributed by atoms with Crippen LogP contribution in [0.25, 0.3) is 11.0 Å². The Morgan fingerprint density at radius 3 is 2.93 bits per heavy atom. The van der Waals surface area contributed by atoms with Gasteiger partial charge in [0, 0.05) is 17.9 Å². The molecule has 0 radical (unpaired) electrons. The molecule has 0 saturated carbocycles. The number of benzene rings is 1. The molecule has 2 N–H and O–H groups in total. The highest BCUT2D eigenvalue weighted by Gasteiger charge is 2.07. The first kappa shape index (κ1) is 10.9. The molecule has 76 valence electrons. The number of fused-ring (bicyclic) bond motifs is 1. The topological polar surface area (TPSA) is 52.0 Å². The molecule has 0 fully saturated rings. The van der Waals surface area contributed by atoms with Gasteiger partial charge >= 0.3 is 0 Å². The average Bonchev–Trinajstić information content (AvgIpc) is 2.49. The Morgan fingerprint density at radius 1 is 1.43 bits per heavy atom. The van der Waals surface area contributed by atoms with Gasteiger partial charge in [0.15, 0.2) is 5.58 Å². The summed E-state index contributed by atoms with van der Waals surface area (Å²) in [5.41, 5.74) is 6.65. The van der Waals surface area contributed by atoms with Gasteiger partial charge in [0.2, 0.25) is 0 Å². The highest BCUT2D eigenvalue weighted by Crippen LogP contribution is 2.19. The second-order valence-electron chi connectivity index (χ2n) is 2.81. The second kappa shape index (κ2) is 4.39. The van der Waals surface area contributed by atoms with Crippen molar-refractivity contribution < 1.29 is 8.91 Å². The number of aromatic nitrogens is 1. The van der Waals surface area contributed by atoms with Crippen LogP contribution in [-0.4, -0.2) is 11.7 Å². The first-order valence-corrected chi connectivity index (χ1v) is 4.05. The van der Waals surface area contributed by atoms with E-state index < -0.39 is 0 Å². The summed E-state index contributed by atoms with van der Waals surface area (Å²) in [6.07, 6.45) is 0.651. The zero-order chi connectivity index (χ0) is 9.26. The molecule has 3 nitrogen and oxygen atoms in total. The summed E-state index contributed by atoms with van der Waals surface area (Å²) >= 11 is 0. The van der Waals surface area contributed by atoms with Gasteiger partial charge in [-0.05, 0) is 18.7 Å². The van der Waals surface area contributed by atoms with Gasteiger partial charge in [-0.25, -0.2) is 4.39 Å². The van der Waals surface area contributed by atoms with Gasteiger partial charge in [0.05, 0.1) is 5.69 Å². The SMILES string of the molecule is Cl.NCCc1noc2cc(F)ccc12. The van der Waals surface area contributed by atoms with Crippen LogP contribution in [0.5, 0.6) is 0 Å². The minimum atomic E-state index is -0.317. The van der Waals surface area contributed by atoms with E-state index in [4.69, 9.17) is 10.3 Å². The van der Waals surface area contributed by atoms with Crippen LogP contribution in [0.3, 0.4) is 0 Å². The molecule has 1 heterocycles. The number of nitrogens with zero attached hydrogens (tertiary/aromatic N) is 1. The monoisotopic (exact) mass is 216 g/mol. The van der Waals surface area contributed by atoms with Crippen molar-refractivity contribution in [3.63, 3.8) is 0 Å². The van der Waals surface area contributed by atoms with Crippen LogP contribution in [0.1, 0.15) is 5.69 Å². The molecule has 0 saturated heterocycles. The normalized spacial score (nSPS) is 10.1. The third-order valence-electron chi connectivity index (χ3n) is 1.89. The molecule has 0 atom stereocenters. The van der Waals surface area contributed by atoms with Gasteiger partial charge in [-0.2, -0.15) is 0 Å². The first-order chi connectivity index (χ1) is 6.31. The van der Waals surface area contributed by atoms with Gasteiger partial charge in [0.1, 0.15) is 5.82 Å². The largest absolute Gasteiger partial charge is 0.356 e. The molecule has 0 amide bonds. The lowest BCUT2D eigenvalue weighted by atomic mass is 10.2. The van der Waals surface area contributed by atoms with Gasteiger partial charge in [-0.3, -0.25) is 0 Å². The average molecular weight is 217 g/mol. The van der Waals surface area contributed by atoms with E-state index in [2.05, 4.69) is 5.16 Å². The molecule has 0 bridgehead atoms. The van der Waals surface area contributed by atoms with Crippen LogP contribution in [0.4, 0.5) is 4.39 Å². The molecular formula is C9H10ClFN2O. The number of rotatable bonds is 2. The molecule has 1 aromatic heterocycles. The van der Waals surface area contributed by atoms with Crippen molar-refractivity contribution in [1.29, 1.82) is 0 Å². The predicted molar refractivity (Wildman–Crippen MR) is 54.0 cm³/mol. The molecule has 2 aromatic rings. The van der Waals surface area contributed by atoms with E-state index in [1.165, 1.54) is 12.1 Å². The molecule has 0 aliphatic carbocycles. The van der Waals surface area contributed by atoms with E-state index in [-0.39, 0.29) is 18.2 Å². The Kier molecular flexibility index (Phi) is 3.43. The Labute approximate surface area is 86.5 Å². The van der Waals surface area contributed by atoms with E-state index in [0.717, 1.165) is 11.1 Å². The van der Waals surface area contributed by atoms with Crippen LogP contribution < -0.4 is 5.73 Å². The predicted octanol–water partition coefficient (Wildman–Crippen LogP) is 1.89. The van der Waals surface area contributed by atoms with E-state index in [0.29, 0.717) is 18.5 Å². The summed E-state index contributed by atoms with van der Waals surface area (Å²) in [5.74, 6) is -0.317. The third kappa shape index (κ3) is 1.86. The summed E-state index contributed by atoms with van der Waals surface area (Å²) in [6.45, 7) is 0.513. The summed E-state index contributed by atoms with van der Waals surface area (Å²) in [4.78, 5) is 0. The van der Waals surface area contributed by atoms with Crippen LogP contribution in [-0.2, 0) is 6.42 Å². The lowest BCUT2D eigenvalue weighted by molar-refractivity contribution is 0.445. The maximum absolute atomic E-state index is 12.7. The first-order valence-electron chi connectivity index (χ1n) is 4.05. The minimum Gasteiger partial charge on any atom is -0.356 e. The van der Waals surface area contributed by atoms with Gasteiger partial charge in [-0.15, -0.1) is 12.4 Å². The van der Waals surface area contributed by atoms with Crippen LogP contribution in [0.2, 0.25) is 0 Å². The molecule has 14 heavy (non-hydrogen) atoms. The van der Waals surface area contributed by atoms with Crippen molar-refractivity contribution in [2.75, 3.05) is 6.54 Å². The van der Waals surface area contributed by atoms with E-state index in [1.807, 2.05) is 0 Å². The zero-order valence-corrected chi connectivity index (χ0v) is 8.18. The van der Waals surface area contributed by atoms with Crippen molar-refractivity contribution in [3.05, 3.63) is 29.7 Å². The molecule has 5 heteroatoms. The molecule has 2 rings (SSSR count). The quantitative estimate of drug-likeness (QED) is 0.834. The summed E-state index contributed by atoms with van der Waals surface area (Å²) in [7, 11) is 0. The Bertz CT molecular complexity index is 430. The number of nitrogens with two attached hydrogens (primary N) is 1. The lowest BCUT2D eigenvalue weighted by Gasteiger charge is -1.90. The van der Waals surface area contributed by atoms with Crippen molar-refractivity contribution in [3.8, 4) is 0 Å². The van der Waals surface area contributed by atoms with Gasteiger partial charge < -0.3 is 10.3 Å². The highest BCUT2D eigenvalue weighted by molar-refractivity contribution is 5.85. The number of hydrogen-bond acceptors (Lipinski definition) is 3. The Balaban J connectivity index is 0.000000980. The molecular weight excluding hydrogens is 207 g/mol.